The van der Waals surface area contributed by atoms with Crippen LogP contribution in [0.5, 0.6) is 0 Å². The van der Waals surface area contributed by atoms with Crippen molar-refractivity contribution in [3.63, 3.8) is 0 Å². The van der Waals surface area contributed by atoms with E-state index in [2.05, 4.69) is 12.2 Å². The van der Waals surface area contributed by atoms with Crippen LogP contribution in [0, 0.1) is 11.3 Å². The van der Waals surface area contributed by atoms with Crippen molar-refractivity contribution in [1.82, 2.24) is 0 Å². The first-order valence-corrected chi connectivity index (χ1v) is 14.2. The van der Waals surface area contributed by atoms with Gasteiger partial charge < -0.3 is 10.1 Å². The molecule has 0 aromatic heterocycles. The molecule has 1 fully saturated rings. The average Bonchev–Trinajstić information content (AvgIpc) is 3.28. The number of ether oxygens (including phenoxy) is 1. The zero-order valence-corrected chi connectivity index (χ0v) is 23.4. The monoisotopic (exact) mass is 553 g/mol. The minimum atomic E-state index is -0.570. The number of nitrogens with one attached hydrogen (secondary N) is 1. The number of carbonyl (C=O) groups excluding carboxylic acids is 3. The predicted octanol–water partition coefficient (Wildman–Crippen LogP) is 6.27. The number of hydrogen-bond acceptors (Lipinski definition) is 6. The maximum Gasteiger partial charge on any atom is 0.338 e. The SMILES string of the molecule is CCCCc1ccc(NC(=O)/C(C#N)=C2/S[C@H](Cc3ccc(C(=O)OCC)cc3)C(=O)N2c2ccccc2)cc1. The number of anilines is 2. The number of unbranched alkanes of at least 4 members (excludes halogenated alkanes) is 1. The molecule has 1 heterocycles. The normalized spacial score (nSPS) is 15.9. The zero-order valence-electron chi connectivity index (χ0n) is 22.6. The third kappa shape index (κ3) is 6.80. The van der Waals surface area contributed by atoms with E-state index in [1.165, 1.54) is 22.2 Å². The molecule has 1 N–H and O–H groups in total. The molecule has 1 atom stereocenters. The molecule has 1 saturated heterocycles. The predicted molar refractivity (Wildman–Crippen MR) is 158 cm³/mol. The second-order valence-electron chi connectivity index (χ2n) is 9.28. The van der Waals surface area contributed by atoms with Gasteiger partial charge in [-0.2, -0.15) is 5.26 Å². The van der Waals surface area contributed by atoms with Crippen LogP contribution < -0.4 is 10.2 Å². The summed E-state index contributed by atoms with van der Waals surface area (Å²) in [6, 6.07) is 25.6. The maximum atomic E-state index is 13.7. The van der Waals surface area contributed by atoms with Crippen molar-refractivity contribution >= 4 is 40.9 Å². The minimum absolute atomic E-state index is 0.127. The summed E-state index contributed by atoms with van der Waals surface area (Å²) in [4.78, 5) is 40.4. The van der Waals surface area contributed by atoms with Gasteiger partial charge in [-0.15, -0.1) is 0 Å². The van der Waals surface area contributed by atoms with Gasteiger partial charge in [0.25, 0.3) is 5.91 Å². The van der Waals surface area contributed by atoms with Gasteiger partial charge in [0.05, 0.1) is 17.4 Å². The lowest BCUT2D eigenvalue weighted by Gasteiger charge is -2.18. The minimum Gasteiger partial charge on any atom is -0.462 e. The number of benzene rings is 3. The van der Waals surface area contributed by atoms with Gasteiger partial charge in [0.15, 0.2) is 0 Å². The quantitative estimate of drug-likeness (QED) is 0.180. The molecular formula is C32H31N3O4S. The van der Waals surface area contributed by atoms with E-state index in [0.717, 1.165) is 24.8 Å². The van der Waals surface area contributed by atoms with Crippen LogP contribution in [0.2, 0.25) is 0 Å². The van der Waals surface area contributed by atoms with Crippen LogP contribution in [0.25, 0.3) is 0 Å². The Morgan fingerprint density at radius 2 is 1.65 bits per heavy atom. The topological polar surface area (TPSA) is 99.5 Å². The first-order valence-electron chi connectivity index (χ1n) is 13.3. The van der Waals surface area contributed by atoms with Crippen LogP contribution in [-0.2, 0) is 27.2 Å². The fraction of sp³-hybridized carbons (Fsp3) is 0.250. The summed E-state index contributed by atoms with van der Waals surface area (Å²) in [5.41, 5.74) is 3.50. The van der Waals surface area contributed by atoms with Crippen molar-refractivity contribution in [2.24, 2.45) is 0 Å². The standard InChI is InChI=1S/C32H31N3O4S/c1-3-5-9-22-14-18-25(19-15-22)34-29(36)27(21-33)31-35(26-10-7-6-8-11-26)30(37)28(40-31)20-23-12-16-24(17-13-23)32(38)39-4-2/h6-8,10-19,28H,3-5,9,20H2,1-2H3,(H,34,36)/b31-27+/t28-/m1/s1. The maximum absolute atomic E-state index is 13.7. The molecule has 2 amide bonds. The Morgan fingerprint density at radius 3 is 2.27 bits per heavy atom. The smallest absolute Gasteiger partial charge is 0.338 e. The molecule has 0 spiro atoms. The van der Waals surface area contributed by atoms with E-state index in [1.807, 2.05) is 36.4 Å². The van der Waals surface area contributed by atoms with Gasteiger partial charge in [0.1, 0.15) is 16.7 Å². The summed E-state index contributed by atoms with van der Waals surface area (Å²) in [5, 5.41) is 12.6. The Morgan fingerprint density at radius 1 is 0.975 bits per heavy atom. The summed E-state index contributed by atoms with van der Waals surface area (Å²) in [7, 11) is 0. The highest BCUT2D eigenvalue weighted by Crippen LogP contribution is 2.42. The Labute approximate surface area is 238 Å². The Hall–Kier alpha value is -4.35. The summed E-state index contributed by atoms with van der Waals surface area (Å²) in [6.45, 7) is 4.18. The number of thioether (sulfide) groups is 1. The lowest BCUT2D eigenvalue weighted by Crippen LogP contribution is -2.30. The molecule has 3 aromatic carbocycles. The third-order valence-electron chi connectivity index (χ3n) is 6.44. The van der Waals surface area contributed by atoms with Gasteiger partial charge in [-0.1, -0.05) is 67.6 Å². The van der Waals surface area contributed by atoms with Crippen LogP contribution in [0.15, 0.2) is 89.5 Å². The molecular weight excluding hydrogens is 522 g/mol. The number of para-hydroxylation sites is 1. The van der Waals surface area contributed by atoms with Crippen molar-refractivity contribution in [2.45, 2.75) is 44.8 Å². The molecule has 8 heteroatoms. The van der Waals surface area contributed by atoms with E-state index in [1.54, 1.807) is 55.5 Å². The zero-order chi connectivity index (χ0) is 28.5. The summed E-state index contributed by atoms with van der Waals surface area (Å²) < 4.78 is 5.04. The van der Waals surface area contributed by atoms with Gasteiger partial charge in [0.2, 0.25) is 5.91 Å². The Balaban J connectivity index is 1.60. The number of amides is 2. The van der Waals surface area contributed by atoms with Crippen molar-refractivity contribution in [3.05, 3.63) is 106 Å². The molecule has 40 heavy (non-hydrogen) atoms. The van der Waals surface area contributed by atoms with E-state index >= 15 is 0 Å². The molecule has 1 aliphatic rings. The van der Waals surface area contributed by atoms with Gasteiger partial charge in [-0.25, -0.2) is 4.79 Å². The van der Waals surface area contributed by atoms with Crippen LogP contribution in [0.3, 0.4) is 0 Å². The van der Waals surface area contributed by atoms with Gasteiger partial charge in [-0.05, 0) is 73.7 Å². The fourth-order valence-corrected chi connectivity index (χ4v) is 5.64. The molecule has 0 saturated carbocycles. The Kier molecular flexibility index (Phi) is 9.76. The van der Waals surface area contributed by atoms with Crippen LogP contribution in [0.4, 0.5) is 11.4 Å². The summed E-state index contributed by atoms with van der Waals surface area (Å²) >= 11 is 1.20. The first-order chi connectivity index (χ1) is 19.4. The number of nitriles is 1. The van der Waals surface area contributed by atoms with Gasteiger partial charge >= 0.3 is 5.97 Å². The fourth-order valence-electron chi connectivity index (χ4n) is 4.33. The van der Waals surface area contributed by atoms with E-state index in [-0.39, 0.29) is 18.1 Å². The number of carbonyl (C=O) groups is 3. The highest BCUT2D eigenvalue weighted by atomic mass is 32.2. The largest absolute Gasteiger partial charge is 0.462 e. The van der Waals surface area contributed by atoms with E-state index in [0.29, 0.717) is 28.4 Å². The lowest BCUT2D eigenvalue weighted by atomic mass is 10.1. The molecule has 0 aliphatic carbocycles. The average molecular weight is 554 g/mol. The number of esters is 1. The number of rotatable bonds is 10. The molecule has 0 unspecified atom stereocenters. The van der Waals surface area contributed by atoms with Gasteiger partial charge in [0, 0.05) is 11.4 Å². The lowest BCUT2D eigenvalue weighted by molar-refractivity contribution is -0.117. The number of hydrogen-bond donors (Lipinski definition) is 1. The highest BCUT2D eigenvalue weighted by molar-refractivity contribution is 8.05. The molecule has 0 radical (unpaired) electrons. The van der Waals surface area contributed by atoms with Crippen molar-refractivity contribution < 1.29 is 19.1 Å². The van der Waals surface area contributed by atoms with E-state index in [9.17, 15) is 19.6 Å². The molecule has 204 valence electrons. The summed E-state index contributed by atoms with van der Waals surface area (Å²) in [6.07, 6.45) is 3.52. The Bertz CT molecular complexity index is 1430. The number of nitrogens with zero attached hydrogens (tertiary/aromatic N) is 2. The van der Waals surface area contributed by atoms with Crippen molar-refractivity contribution in [1.29, 1.82) is 5.26 Å². The highest BCUT2D eigenvalue weighted by Gasteiger charge is 2.40. The molecule has 1 aliphatic heterocycles. The molecule has 0 bridgehead atoms. The molecule has 4 rings (SSSR count). The summed E-state index contributed by atoms with van der Waals surface area (Å²) in [5.74, 6) is -1.19. The molecule has 3 aromatic rings. The van der Waals surface area contributed by atoms with Crippen LogP contribution >= 0.6 is 11.8 Å². The van der Waals surface area contributed by atoms with Gasteiger partial charge in [-0.3, -0.25) is 14.5 Å². The first kappa shape index (κ1) is 28.7. The molecule has 7 nitrogen and oxygen atoms in total. The third-order valence-corrected chi connectivity index (χ3v) is 7.70. The van der Waals surface area contributed by atoms with E-state index < -0.39 is 17.1 Å². The second-order valence-corrected chi connectivity index (χ2v) is 10.5. The second kappa shape index (κ2) is 13.6. The van der Waals surface area contributed by atoms with E-state index in [4.69, 9.17) is 4.74 Å². The van der Waals surface area contributed by atoms with Crippen molar-refractivity contribution in [3.8, 4) is 6.07 Å². The van der Waals surface area contributed by atoms with Crippen LogP contribution in [0.1, 0.15) is 48.2 Å². The number of aryl methyl sites for hydroxylation is 1. The van der Waals surface area contributed by atoms with Crippen LogP contribution in [-0.4, -0.2) is 29.6 Å². The van der Waals surface area contributed by atoms with Crippen molar-refractivity contribution in [2.75, 3.05) is 16.8 Å².